The lowest BCUT2D eigenvalue weighted by molar-refractivity contribution is -0.134. The summed E-state index contributed by atoms with van der Waals surface area (Å²) in [5, 5.41) is 11.1. The number of benzene rings is 1. The van der Waals surface area contributed by atoms with Crippen molar-refractivity contribution in [2.75, 3.05) is 19.7 Å². The summed E-state index contributed by atoms with van der Waals surface area (Å²) in [6.07, 6.45) is 4.08. The van der Waals surface area contributed by atoms with Crippen LogP contribution in [-0.2, 0) is 11.2 Å². The molecule has 0 saturated carbocycles. The van der Waals surface area contributed by atoms with E-state index in [0.29, 0.717) is 25.9 Å². The van der Waals surface area contributed by atoms with E-state index in [1.165, 1.54) is 5.39 Å². The average molecular weight is 391 g/mol. The van der Waals surface area contributed by atoms with Crippen LogP contribution in [0, 0.1) is 5.92 Å². The number of carbonyl (C=O) groups excluding carboxylic acids is 1. The van der Waals surface area contributed by atoms with E-state index in [0.717, 1.165) is 23.2 Å². The highest BCUT2D eigenvalue weighted by Crippen LogP contribution is 2.41. The fourth-order valence-electron chi connectivity index (χ4n) is 5.22. The van der Waals surface area contributed by atoms with E-state index in [1.807, 2.05) is 35.4 Å². The number of para-hydroxylation sites is 1. The number of rotatable bonds is 4. The molecule has 2 aliphatic rings. The Bertz CT molecular complexity index is 1120. The van der Waals surface area contributed by atoms with E-state index in [9.17, 15) is 14.7 Å². The van der Waals surface area contributed by atoms with Crippen molar-refractivity contribution in [3.8, 4) is 0 Å². The molecular formula is C23H25N3O3. The molecule has 1 amide bonds. The molecule has 2 aromatic heterocycles. The molecule has 6 nitrogen and oxygen atoms in total. The van der Waals surface area contributed by atoms with Gasteiger partial charge in [0, 0.05) is 60.2 Å². The second-order valence-corrected chi connectivity index (χ2v) is 8.26. The van der Waals surface area contributed by atoms with Crippen molar-refractivity contribution in [2.45, 2.75) is 31.2 Å². The number of aliphatic hydroxyl groups is 1. The number of aromatic amines is 1. The highest BCUT2D eigenvalue weighted by atomic mass is 16.3. The van der Waals surface area contributed by atoms with Gasteiger partial charge in [-0.3, -0.25) is 9.59 Å². The molecular weight excluding hydrogens is 366 g/mol. The number of hydrogen-bond acceptors (Lipinski definition) is 3. The van der Waals surface area contributed by atoms with E-state index < -0.39 is 0 Å². The van der Waals surface area contributed by atoms with Crippen LogP contribution >= 0.6 is 0 Å². The zero-order chi connectivity index (χ0) is 20.0. The number of likely N-dealkylation sites (tertiary alicyclic amines) is 1. The molecule has 2 N–H and O–H groups in total. The number of nitrogens with one attached hydrogen (secondary N) is 1. The fraction of sp³-hybridized carbons (Fsp3) is 0.391. The Morgan fingerprint density at radius 3 is 2.86 bits per heavy atom. The summed E-state index contributed by atoms with van der Waals surface area (Å²) in [6, 6.07) is 13.2. The lowest BCUT2D eigenvalue weighted by atomic mass is 9.78. The van der Waals surface area contributed by atoms with Crippen molar-refractivity contribution < 1.29 is 9.90 Å². The number of piperidine rings is 1. The summed E-state index contributed by atoms with van der Waals surface area (Å²) < 4.78 is 1.76. The first kappa shape index (κ1) is 18.2. The monoisotopic (exact) mass is 391 g/mol. The van der Waals surface area contributed by atoms with Gasteiger partial charge in [0.15, 0.2) is 0 Å². The van der Waals surface area contributed by atoms with Gasteiger partial charge in [-0.1, -0.05) is 24.3 Å². The van der Waals surface area contributed by atoms with Crippen molar-refractivity contribution in [3.63, 3.8) is 0 Å². The van der Waals surface area contributed by atoms with Crippen molar-refractivity contribution in [3.05, 3.63) is 70.3 Å². The number of pyridine rings is 1. The lowest BCUT2D eigenvalue weighted by Gasteiger charge is -2.46. The molecule has 0 unspecified atom stereocenters. The van der Waals surface area contributed by atoms with Gasteiger partial charge >= 0.3 is 0 Å². The molecule has 5 rings (SSSR count). The first-order valence-electron chi connectivity index (χ1n) is 10.3. The number of fused-ring (bicyclic) bond motifs is 5. The van der Waals surface area contributed by atoms with Crippen molar-refractivity contribution >= 4 is 16.8 Å². The zero-order valence-corrected chi connectivity index (χ0v) is 16.3. The number of carbonyl (C=O) groups is 1. The molecule has 2 aliphatic heterocycles. The van der Waals surface area contributed by atoms with Gasteiger partial charge in [-0.2, -0.15) is 0 Å². The van der Waals surface area contributed by atoms with Crippen LogP contribution in [0.2, 0.25) is 0 Å². The van der Waals surface area contributed by atoms with Crippen LogP contribution in [0.5, 0.6) is 0 Å². The van der Waals surface area contributed by atoms with Gasteiger partial charge in [-0.15, -0.1) is 0 Å². The van der Waals surface area contributed by atoms with E-state index in [2.05, 4.69) is 11.1 Å². The molecule has 4 heterocycles. The summed E-state index contributed by atoms with van der Waals surface area (Å²) in [6.45, 7) is 1.17. The smallest absolute Gasteiger partial charge is 0.251 e. The Labute approximate surface area is 168 Å². The zero-order valence-electron chi connectivity index (χ0n) is 16.3. The summed E-state index contributed by atoms with van der Waals surface area (Å²) in [4.78, 5) is 30.6. The Morgan fingerprint density at radius 1 is 1.14 bits per heavy atom. The van der Waals surface area contributed by atoms with Crippen molar-refractivity contribution in [2.24, 2.45) is 5.92 Å². The maximum atomic E-state index is 13.0. The van der Waals surface area contributed by atoms with Crippen LogP contribution in [0.15, 0.2) is 53.5 Å². The first-order chi connectivity index (χ1) is 14.2. The largest absolute Gasteiger partial charge is 0.394 e. The van der Waals surface area contributed by atoms with Crippen molar-refractivity contribution in [1.29, 1.82) is 0 Å². The SMILES string of the molecule is O=C(CCc1c[nH]c2ccccc12)N1C[C@H]2C[C@@H](C1)[C@H](CO)n1c2cccc1=O. The Hall–Kier alpha value is -2.86. The third-order valence-corrected chi connectivity index (χ3v) is 6.62. The predicted molar refractivity (Wildman–Crippen MR) is 111 cm³/mol. The highest BCUT2D eigenvalue weighted by Gasteiger charge is 2.41. The van der Waals surface area contributed by atoms with E-state index >= 15 is 0 Å². The molecule has 3 atom stereocenters. The molecule has 150 valence electrons. The van der Waals surface area contributed by atoms with E-state index in [4.69, 9.17) is 0 Å². The number of H-pyrrole nitrogens is 1. The molecule has 3 aromatic rings. The molecule has 2 bridgehead atoms. The summed E-state index contributed by atoms with van der Waals surface area (Å²) >= 11 is 0. The number of aliphatic hydroxyl groups excluding tert-OH is 1. The topological polar surface area (TPSA) is 78.3 Å². The minimum atomic E-state index is -0.251. The molecule has 0 aliphatic carbocycles. The Kier molecular flexibility index (Phi) is 4.51. The van der Waals surface area contributed by atoms with Crippen LogP contribution in [-0.4, -0.2) is 45.2 Å². The third-order valence-electron chi connectivity index (χ3n) is 6.62. The minimum Gasteiger partial charge on any atom is -0.394 e. The number of aryl methyl sites for hydroxylation is 1. The molecule has 1 saturated heterocycles. The highest BCUT2D eigenvalue weighted by molar-refractivity contribution is 5.84. The molecule has 29 heavy (non-hydrogen) atoms. The number of nitrogens with zero attached hydrogens (tertiary/aromatic N) is 2. The molecule has 1 aromatic carbocycles. The minimum absolute atomic E-state index is 0.0598. The van der Waals surface area contributed by atoms with E-state index in [1.54, 1.807) is 16.7 Å². The normalized spacial score (nSPS) is 23.2. The third kappa shape index (κ3) is 3.08. The number of hydrogen-bond donors (Lipinski definition) is 2. The van der Waals surface area contributed by atoms with Crippen molar-refractivity contribution in [1.82, 2.24) is 14.5 Å². The Balaban J connectivity index is 1.34. The molecule has 0 spiro atoms. The van der Waals surface area contributed by atoms with Crippen LogP contribution in [0.25, 0.3) is 10.9 Å². The molecule has 1 fully saturated rings. The average Bonchev–Trinajstić information content (AvgIpc) is 3.16. The van der Waals surface area contributed by atoms with Crippen LogP contribution in [0.3, 0.4) is 0 Å². The fourth-order valence-corrected chi connectivity index (χ4v) is 5.22. The van der Waals surface area contributed by atoms with Gasteiger partial charge in [0.25, 0.3) is 5.56 Å². The predicted octanol–water partition coefficient (Wildman–Crippen LogP) is 2.44. The summed E-state index contributed by atoms with van der Waals surface area (Å²) in [5.74, 6) is 0.416. The molecule has 0 radical (unpaired) electrons. The lowest BCUT2D eigenvalue weighted by Crippen LogP contribution is -2.51. The second kappa shape index (κ2) is 7.19. The summed E-state index contributed by atoms with van der Waals surface area (Å²) in [7, 11) is 0. The maximum Gasteiger partial charge on any atom is 0.251 e. The second-order valence-electron chi connectivity index (χ2n) is 8.26. The van der Waals surface area contributed by atoms with Gasteiger partial charge in [-0.05, 0) is 30.5 Å². The van der Waals surface area contributed by atoms with Gasteiger partial charge in [0.2, 0.25) is 5.91 Å². The quantitative estimate of drug-likeness (QED) is 0.717. The number of aromatic nitrogens is 2. The Morgan fingerprint density at radius 2 is 2.00 bits per heavy atom. The van der Waals surface area contributed by atoms with Gasteiger partial charge in [0.05, 0.1) is 12.6 Å². The van der Waals surface area contributed by atoms with Crippen LogP contribution in [0.1, 0.15) is 36.1 Å². The van der Waals surface area contributed by atoms with E-state index in [-0.39, 0.29) is 36.0 Å². The standard InChI is InChI=1S/C23H25N3O3/c27-14-21-17-10-16(20-6-3-7-23(29)26(20)21)12-25(13-17)22(28)9-8-15-11-24-19-5-2-1-4-18(15)19/h1-7,11,16-17,21,24,27H,8-10,12-14H2/t16-,17+,21+/m1/s1. The summed E-state index contributed by atoms with van der Waals surface area (Å²) in [5.41, 5.74) is 3.14. The van der Waals surface area contributed by atoms with Gasteiger partial charge < -0.3 is 19.6 Å². The molecule has 6 heteroatoms. The number of amides is 1. The van der Waals surface area contributed by atoms with Crippen LogP contribution in [0.4, 0.5) is 0 Å². The van der Waals surface area contributed by atoms with Gasteiger partial charge in [0.1, 0.15) is 0 Å². The first-order valence-corrected chi connectivity index (χ1v) is 10.3. The van der Waals surface area contributed by atoms with Gasteiger partial charge in [-0.25, -0.2) is 0 Å². The maximum absolute atomic E-state index is 13.0. The van der Waals surface area contributed by atoms with Crippen LogP contribution < -0.4 is 5.56 Å².